The Labute approximate surface area is 133 Å². The Kier molecular flexibility index (Phi) is 8.05. The molecule has 0 aromatic heterocycles. The Bertz CT molecular complexity index is 420. The van der Waals surface area contributed by atoms with Crippen LogP contribution in [0.2, 0.25) is 0 Å². The third kappa shape index (κ3) is 6.76. The van der Waals surface area contributed by atoms with Crippen molar-refractivity contribution in [2.75, 3.05) is 34.5 Å². The Morgan fingerprint density at radius 2 is 1.40 bits per heavy atom. The largest absolute Gasteiger partial charge is 0.448 e. The molecule has 2 amide bonds. The molecule has 2 N–H and O–H groups in total. The van der Waals surface area contributed by atoms with Gasteiger partial charge in [0.25, 0.3) is 0 Å². The van der Waals surface area contributed by atoms with E-state index in [4.69, 9.17) is 9.47 Å². The van der Waals surface area contributed by atoms with E-state index in [2.05, 4.69) is 42.5 Å². The Hall–Kier alpha value is -1.28. The molecule has 0 aliphatic heterocycles. The summed E-state index contributed by atoms with van der Waals surface area (Å²) in [4.78, 5) is 22.7. The van der Waals surface area contributed by atoms with Gasteiger partial charge >= 0.3 is 12.2 Å². The number of alkyl halides is 2. The first kappa shape index (κ1) is 16.8. The van der Waals surface area contributed by atoms with Crippen molar-refractivity contribution in [1.82, 2.24) is 0 Å². The number of hydrogen-bond acceptors (Lipinski definition) is 4. The average molecular weight is 410 g/mol. The van der Waals surface area contributed by atoms with E-state index in [0.717, 1.165) is 0 Å². The predicted octanol–water partition coefficient (Wildman–Crippen LogP) is 3.57. The van der Waals surface area contributed by atoms with Gasteiger partial charge < -0.3 is 9.47 Å². The molecule has 1 rings (SSSR count). The summed E-state index contributed by atoms with van der Waals surface area (Å²) in [6, 6.07) is 6.67. The van der Waals surface area contributed by atoms with Crippen LogP contribution < -0.4 is 10.6 Å². The fourth-order valence-electron chi connectivity index (χ4n) is 1.25. The number of carbonyl (C=O) groups excluding carboxylic acids is 2. The molecule has 1 aromatic carbocycles. The van der Waals surface area contributed by atoms with E-state index < -0.39 is 12.2 Å². The van der Waals surface area contributed by atoms with Crippen LogP contribution in [0.25, 0.3) is 0 Å². The van der Waals surface area contributed by atoms with E-state index in [9.17, 15) is 9.59 Å². The van der Waals surface area contributed by atoms with Crippen LogP contribution in [0.3, 0.4) is 0 Å². The van der Waals surface area contributed by atoms with Crippen molar-refractivity contribution in [3.8, 4) is 0 Å². The lowest BCUT2D eigenvalue weighted by Gasteiger charge is -2.09. The molecule has 6 nitrogen and oxygen atoms in total. The van der Waals surface area contributed by atoms with Gasteiger partial charge in [-0.15, -0.1) is 0 Å². The van der Waals surface area contributed by atoms with Crippen LogP contribution in [0, 0.1) is 0 Å². The summed E-state index contributed by atoms with van der Waals surface area (Å²) < 4.78 is 9.71. The van der Waals surface area contributed by atoms with Gasteiger partial charge in [0.05, 0.1) is 0 Å². The minimum atomic E-state index is -0.552. The second-order valence-electron chi connectivity index (χ2n) is 3.48. The first-order valence-corrected chi connectivity index (χ1v) is 7.99. The molecular weight excluding hydrogens is 396 g/mol. The molecule has 0 bridgehead atoms. The quantitative estimate of drug-likeness (QED) is 0.704. The van der Waals surface area contributed by atoms with Gasteiger partial charge in [0.15, 0.2) is 0 Å². The SMILES string of the molecule is O=C(Nc1cccc(NC(=O)OCCBr)c1)OCCBr. The lowest BCUT2D eigenvalue weighted by Crippen LogP contribution is -2.16. The Morgan fingerprint density at radius 3 is 1.80 bits per heavy atom. The van der Waals surface area contributed by atoms with Crippen molar-refractivity contribution >= 4 is 55.4 Å². The fraction of sp³-hybridized carbons (Fsp3) is 0.333. The van der Waals surface area contributed by atoms with Crippen molar-refractivity contribution < 1.29 is 19.1 Å². The summed E-state index contributed by atoms with van der Waals surface area (Å²) in [5, 5.41) is 6.25. The van der Waals surface area contributed by atoms with Crippen molar-refractivity contribution in [1.29, 1.82) is 0 Å². The zero-order valence-electron chi connectivity index (χ0n) is 10.5. The monoisotopic (exact) mass is 408 g/mol. The highest BCUT2D eigenvalue weighted by Crippen LogP contribution is 2.15. The average Bonchev–Trinajstić information content (AvgIpc) is 2.43. The molecule has 110 valence electrons. The number of carbonyl (C=O) groups is 2. The Balaban J connectivity index is 2.52. The minimum absolute atomic E-state index is 0.280. The molecule has 0 heterocycles. The third-order valence-electron chi connectivity index (χ3n) is 1.98. The van der Waals surface area contributed by atoms with Gasteiger partial charge in [-0.25, -0.2) is 9.59 Å². The molecule has 0 radical (unpaired) electrons. The van der Waals surface area contributed by atoms with Crippen LogP contribution in [-0.4, -0.2) is 36.1 Å². The second-order valence-corrected chi connectivity index (χ2v) is 5.07. The van der Waals surface area contributed by atoms with Gasteiger partial charge in [-0.05, 0) is 18.2 Å². The molecule has 0 aliphatic carbocycles. The van der Waals surface area contributed by atoms with Gasteiger partial charge in [-0.3, -0.25) is 10.6 Å². The number of hydrogen-bond donors (Lipinski definition) is 2. The summed E-state index contributed by atoms with van der Waals surface area (Å²) in [5.74, 6) is 0. The highest BCUT2D eigenvalue weighted by molar-refractivity contribution is 9.09. The third-order valence-corrected chi connectivity index (χ3v) is 2.62. The topological polar surface area (TPSA) is 76.7 Å². The van der Waals surface area contributed by atoms with Crippen LogP contribution in [0.1, 0.15) is 0 Å². The van der Waals surface area contributed by atoms with Crippen molar-refractivity contribution in [2.45, 2.75) is 0 Å². The van der Waals surface area contributed by atoms with Gasteiger partial charge in [-0.2, -0.15) is 0 Å². The maximum absolute atomic E-state index is 11.4. The van der Waals surface area contributed by atoms with Crippen LogP contribution in [0.15, 0.2) is 24.3 Å². The maximum atomic E-state index is 11.4. The molecule has 8 heteroatoms. The van der Waals surface area contributed by atoms with Crippen molar-refractivity contribution in [2.24, 2.45) is 0 Å². The standard InChI is InChI=1S/C12H14Br2N2O4/c13-4-6-19-11(17)15-9-2-1-3-10(8-9)16-12(18)20-7-5-14/h1-3,8H,4-7H2,(H,15,17)(H,16,18). The molecule has 0 saturated heterocycles. The molecule has 0 spiro atoms. The number of amides is 2. The number of nitrogens with one attached hydrogen (secondary N) is 2. The number of benzene rings is 1. The van der Waals surface area contributed by atoms with Crippen LogP contribution in [0.5, 0.6) is 0 Å². The number of ether oxygens (including phenoxy) is 2. The van der Waals surface area contributed by atoms with E-state index in [-0.39, 0.29) is 13.2 Å². The van der Waals surface area contributed by atoms with Gasteiger partial charge in [0, 0.05) is 22.0 Å². The first-order valence-electron chi connectivity index (χ1n) is 5.75. The molecule has 20 heavy (non-hydrogen) atoms. The van der Waals surface area contributed by atoms with Gasteiger partial charge in [-0.1, -0.05) is 37.9 Å². The number of halogens is 2. The fourth-order valence-corrected chi connectivity index (χ4v) is 1.57. The summed E-state index contributed by atoms with van der Waals surface area (Å²) >= 11 is 6.31. The normalized spacial score (nSPS) is 9.70. The lowest BCUT2D eigenvalue weighted by molar-refractivity contribution is 0.168. The molecule has 0 aliphatic rings. The highest BCUT2D eigenvalue weighted by Gasteiger charge is 2.06. The molecule has 0 fully saturated rings. The molecule has 1 aromatic rings. The van der Waals surface area contributed by atoms with E-state index in [1.54, 1.807) is 24.3 Å². The summed E-state index contributed by atoms with van der Waals surface area (Å²) in [5.41, 5.74) is 1.03. The van der Waals surface area contributed by atoms with Crippen molar-refractivity contribution in [3.63, 3.8) is 0 Å². The summed E-state index contributed by atoms with van der Waals surface area (Å²) in [6.07, 6.45) is -1.10. The highest BCUT2D eigenvalue weighted by atomic mass is 79.9. The number of anilines is 2. The zero-order valence-corrected chi connectivity index (χ0v) is 13.7. The number of rotatable bonds is 6. The van der Waals surface area contributed by atoms with Crippen molar-refractivity contribution in [3.05, 3.63) is 24.3 Å². The van der Waals surface area contributed by atoms with E-state index in [0.29, 0.717) is 22.0 Å². The zero-order chi connectivity index (χ0) is 14.8. The molecule has 0 unspecified atom stereocenters. The smallest absolute Gasteiger partial charge is 0.411 e. The van der Waals surface area contributed by atoms with Crippen LogP contribution in [-0.2, 0) is 9.47 Å². The van der Waals surface area contributed by atoms with Gasteiger partial charge in [0.1, 0.15) is 13.2 Å². The van der Waals surface area contributed by atoms with E-state index >= 15 is 0 Å². The summed E-state index contributed by atoms with van der Waals surface area (Å²) in [7, 11) is 0. The summed E-state index contributed by atoms with van der Waals surface area (Å²) in [6.45, 7) is 0.561. The maximum Gasteiger partial charge on any atom is 0.411 e. The second kappa shape index (κ2) is 9.60. The molecule has 0 atom stereocenters. The lowest BCUT2D eigenvalue weighted by atomic mass is 10.3. The van der Waals surface area contributed by atoms with Gasteiger partial charge in [0.2, 0.25) is 0 Å². The van der Waals surface area contributed by atoms with Crippen LogP contribution >= 0.6 is 31.9 Å². The minimum Gasteiger partial charge on any atom is -0.448 e. The van der Waals surface area contributed by atoms with E-state index in [1.165, 1.54) is 0 Å². The van der Waals surface area contributed by atoms with E-state index in [1.807, 2.05) is 0 Å². The molecule has 0 saturated carbocycles. The first-order chi connectivity index (χ1) is 9.65. The molecular formula is C12H14Br2N2O4. The predicted molar refractivity (Wildman–Crippen MR) is 84.0 cm³/mol. The Morgan fingerprint density at radius 1 is 0.950 bits per heavy atom. The van der Waals surface area contributed by atoms with Crippen LogP contribution in [0.4, 0.5) is 21.0 Å².